The third-order valence-corrected chi connectivity index (χ3v) is 6.14. The molecule has 3 aromatic rings. The molecule has 0 spiro atoms. The van der Waals surface area contributed by atoms with Gasteiger partial charge in [-0.25, -0.2) is 13.2 Å². The maximum Gasteiger partial charge on any atom is 0.255 e. The minimum atomic E-state index is -2.68. The van der Waals surface area contributed by atoms with Crippen LogP contribution in [0.15, 0.2) is 36.5 Å². The van der Waals surface area contributed by atoms with Gasteiger partial charge in [0.25, 0.3) is 12.3 Å². The van der Waals surface area contributed by atoms with Crippen LogP contribution in [0.5, 0.6) is 0 Å². The highest BCUT2D eigenvalue weighted by atomic mass is 19.3. The molecule has 1 aliphatic rings. The molecule has 8 heteroatoms. The van der Waals surface area contributed by atoms with Gasteiger partial charge in [0, 0.05) is 25.0 Å². The number of aryl methyl sites for hydroxylation is 1. The Hall–Kier alpha value is -2.87. The number of carbonyl (C=O) groups is 1. The molecule has 2 aromatic carbocycles. The lowest BCUT2D eigenvalue weighted by Crippen LogP contribution is -2.40. The summed E-state index contributed by atoms with van der Waals surface area (Å²) in [5.41, 5.74) is 3.35. The largest absolute Gasteiger partial charge is 0.330 e. The van der Waals surface area contributed by atoms with Crippen molar-refractivity contribution >= 4 is 16.8 Å². The highest BCUT2D eigenvalue weighted by Crippen LogP contribution is 2.36. The van der Waals surface area contributed by atoms with Crippen LogP contribution in [-0.4, -0.2) is 52.7 Å². The number of carbonyl (C=O) groups excluding carboxylic acids is 1. The van der Waals surface area contributed by atoms with Gasteiger partial charge in [0.05, 0.1) is 23.8 Å². The van der Waals surface area contributed by atoms with Gasteiger partial charge >= 0.3 is 0 Å². The van der Waals surface area contributed by atoms with E-state index in [0.29, 0.717) is 11.5 Å². The molecule has 0 bridgehead atoms. The van der Waals surface area contributed by atoms with Gasteiger partial charge in [-0.15, -0.1) is 0 Å². The SMILES string of the molecule is CC(C)N(CC(F)F)C(=O)c1cc(F)ccc1-c1cc([C@H]2CCNC2)cc2c1cnn2C. The topological polar surface area (TPSA) is 50.2 Å². The number of halogens is 3. The van der Waals surface area contributed by atoms with Gasteiger partial charge in [0.2, 0.25) is 0 Å². The number of nitrogens with zero attached hydrogens (tertiary/aromatic N) is 3. The average molecular weight is 445 g/mol. The van der Waals surface area contributed by atoms with Crippen molar-refractivity contribution in [1.29, 1.82) is 0 Å². The Morgan fingerprint density at radius 2 is 2.03 bits per heavy atom. The number of rotatable bonds is 6. The van der Waals surface area contributed by atoms with Crippen molar-refractivity contribution < 1.29 is 18.0 Å². The number of benzene rings is 2. The third-order valence-electron chi connectivity index (χ3n) is 6.14. The molecule has 1 amide bonds. The maximum absolute atomic E-state index is 14.2. The number of hydrogen-bond acceptors (Lipinski definition) is 3. The predicted octanol–water partition coefficient (Wildman–Crippen LogP) is 4.57. The summed E-state index contributed by atoms with van der Waals surface area (Å²) in [6.07, 6.45) is 0.0350. The molecule has 1 fully saturated rings. The second-order valence-corrected chi connectivity index (χ2v) is 8.59. The van der Waals surface area contributed by atoms with E-state index in [1.54, 1.807) is 30.8 Å². The van der Waals surface area contributed by atoms with E-state index in [9.17, 15) is 18.0 Å². The Labute approximate surface area is 185 Å². The molecule has 1 saturated heterocycles. The van der Waals surface area contributed by atoms with Gasteiger partial charge in [-0.2, -0.15) is 5.10 Å². The van der Waals surface area contributed by atoms with Crippen molar-refractivity contribution in [2.45, 2.75) is 38.7 Å². The minimum Gasteiger partial charge on any atom is -0.330 e. The maximum atomic E-state index is 14.2. The molecule has 1 N–H and O–H groups in total. The van der Waals surface area contributed by atoms with Crippen molar-refractivity contribution in [2.75, 3.05) is 19.6 Å². The zero-order chi connectivity index (χ0) is 23.0. The molecule has 0 saturated carbocycles. The highest BCUT2D eigenvalue weighted by molar-refractivity contribution is 6.05. The summed E-state index contributed by atoms with van der Waals surface area (Å²) in [6.45, 7) is 4.43. The van der Waals surface area contributed by atoms with E-state index in [4.69, 9.17) is 0 Å². The molecule has 170 valence electrons. The van der Waals surface area contributed by atoms with E-state index < -0.39 is 30.7 Å². The van der Waals surface area contributed by atoms with Gasteiger partial charge in [0.15, 0.2) is 0 Å². The van der Waals surface area contributed by atoms with Crippen LogP contribution < -0.4 is 5.32 Å². The smallest absolute Gasteiger partial charge is 0.255 e. The van der Waals surface area contributed by atoms with Crippen LogP contribution >= 0.6 is 0 Å². The first-order chi connectivity index (χ1) is 15.3. The van der Waals surface area contributed by atoms with Crippen LogP contribution in [0.1, 0.15) is 42.1 Å². The second-order valence-electron chi connectivity index (χ2n) is 8.59. The fourth-order valence-corrected chi connectivity index (χ4v) is 4.43. The number of amides is 1. The first kappa shape index (κ1) is 22.3. The lowest BCUT2D eigenvalue weighted by Gasteiger charge is -2.27. The molecule has 0 radical (unpaired) electrons. The van der Waals surface area contributed by atoms with E-state index in [-0.39, 0.29) is 5.56 Å². The first-order valence-corrected chi connectivity index (χ1v) is 10.8. The molecule has 2 heterocycles. The van der Waals surface area contributed by atoms with E-state index in [2.05, 4.69) is 16.5 Å². The third kappa shape index (κ3) is 4.24. The summed E-state index contributed by atoms with van der Waals surface area (Å²) in [5, 5.41) is 8.57. The Bertz CT molecular complexity index is 1140. The van der Waals surface area contributed by atoms with Crippen LogP contribution in [-0.2, 0) is 7.05 Å². The van der Waals surface area contributed by atoms with Crippen LogP contribution in [0.3, 0.4) is 0 Å². The second kappa shape index (κ2) is 8.94. The molecular weight excluding hydrogens is 417 g/mol. The zero-order valence-corrected chi connectivity index (χ0v) is 18.4. The quantitative estimate of drug-likeness (QED) is 0.606. The van der Waals surface area contributed by atoms with E-state index in [1.165, 1.54) is 6.07 Å². The lowest BCUT2D eigenvalue weighted by atomic mass is 9.90. The van der Waals surface area contributed by atoms with Crippen LogP contribution in [0.25, 0.3) is 22.0 Å². The number of hydrogen-bond donors (Lipinski definition) is 1. The minimum absolute atomic E-state index is 0.0752. The number of nitrogens with one attached hydrogen (secondary N) is 1. The van der Waals surface area contributed by atoms with Crippen LogP contribution in [0.4, 0.5) is 13.2 Å². The normalized spacial score (nSPS) is 16.4. The average Bonchev–Trinajstić information content (AvgIpc) is 3.41. The predicted molar refractivity (Wildman–Crippen MR) is 119 cm³/mol. The fraction of sp³-hybridized carbons (Fsp3) is 0.417. The van der Waals surface area contributed by atoms with Gasteiger partial charge in [-0.3, -0.25) is 9.48 Å². The zero-order valence-electron chi connectivity index (χ0n) is 18.4. The molecular formula is C24H27F3N4O. The molecule has 5 nitrogen and oxygen atoms in total. The molecule has 0 unspecified atom stereocenters. The van der Waals surface area contributed by atoms with Gasteiger partial charge in [-0.1, -0.05) is 6.07 Å². The summed E-state index contributed by atoms with van der Waals surface area (Å²) in [4.78, 5) is 14.4. The monoisotopic (exact) mass is 444 g/mol. The number of fused-ring (bicyclic) bond motifs is 1. The molecule has 32 heavy (non-hydrogen) atoms. The molecule has 4 rings (SSSR count). The Kier molecular flexibility index (Phi) is 6.24. The molecule has 1 aromatic heterocycles. The van der Waals surface area contributed by atoms with Crippen molar-refractivity contribution in [2.24, 2.45) is 7.05 Å². The fourth-order valence-electron chi connectivity index (χ4n) is 4.43. The van der Waals surface area contributed by atoms with Gasteiger partial charge in [-0.05, 0) is 73.7 Å². The summed E-state index contributed by atoms with van der Waals surface area (Å²) < 4.78 is 42.4. The molecule has 1 aliphatic heterocycles. The van der Waals surface area contributed by atoms with E-state index in [0.717, 1.165) is 52.5 Å². The number of aromatic nitrogens is 2. The van der Waals surface area contributed by atoms with Gasteiger partial charge in [0.1, 0.15) is 5.82 Å². The van der Waals surface area contributed by atoms with Gasteiger partial charge < -0.3 is 10.2 Å². The molecule has 1 atom stereocenters. The number of alkyl halides is 2. The Balaban J connectivity index is 1.90. The first-order valence-electron chi connectivity index (χ1n) is 10.8. The summed E-state index contributed by atoms with van der Waals surface area (Å²) in [7, 11) is 1.85. The van der Waals surface area contributed by atoms with Crippen molar-refractivity contribution in [3.8, 4) is 11.1 Å². The highest BCUT2D eigenvalue weighted by Gasteiger charge is 2.27. The van der Waals surface area contributed by atoms with Crippen LogP contribution in [0, 0.1) is 5.82 Å². The van der Waals surface area contributed by atoms with Crippen molar-refractivity contribution in [3.05, 3.63) is 53.5 Å². The summed E-state index contributed by atoms with van der Waals surface area (Å²) in [6, 6.07) is 7.67. The van der Waals surface area contributed by atoms with Crippen LogP contribution in [0.2, 0.25) is 0 Å². The lowest BCUT2D eigenvalue weighted by molar-refractivity contribution is 0.0476. The standard InChI is InChI=1S/C24H27F3N4O/c1-14(2)31(13-23(26)27)24(32)20-10-17(25)4-5-18(20)19-8-16(15-6-7-28-11-15)9-22-21(19)12-29-30(22)3/h4-5,8-10,12,14-15,23,28H,6-7,11,13H2,1-3H3/t15-/m0/s1. The summed E-state index contributed by atoms with van der Waals surface area (Å²) >= 11 is 0. The van der Waals surface area contributed by atoms with Crippen molar-refractivity contribution in [1.82, 2.24) is 20.0 Å². The Morgan fingerprint density at radius 1 is 1.25 bits per heavy atom. The van der Waals surface area contributed by atoms with Crippen molar-refractivity contribution in [3.63, 3.8) is 0 Å². The van der Waals surface area contributed by atoms with E-state index >= 15 is 0 Å². The summed E-state index contributed by atoms with van der Waals surface area (Å²) in [5.74, 6) is -0.880. The molecule has 0 aliphatic carbocycles. The van der Waals surface area contributed by atoms with E-state index in [1.807, 2.05) is 13.1 Å². The Morgan fingerprint density at radius 3 is 2.69 bits per heavy atom.